The van der Waals surface area contributed by atoms with Gasteiger partial charge in [0.05, 0.1) is 5.57 Å². The molecule has 0 atom stereocenters. The third-order valence-electron chi connectivity index (χ3n) is 5.14. The van der Waals surface area contributed by atoms with E-state index in [9.17, 15) is 18.0 Å². The highest BCUT2D eigenvalue weighted by Crippen LogP contribution is 2.35. The molecule has 3 aromatic carbocycles. The zero-order valence-corrected chi connectivity index (χ0v) is 18.2. The van der Waals surface area contributed by atoms with Crippen molar-refractivity contribution >= 4 is 50.6 Å². The van der Waals surface area contributed by atoms with Crippen LogP contribution in [0, 0.1) is 5.41 Å². The number of amides is 1. The summed E-state index contributed by atoms with van der Waals surface area (Å²) >= 11 is 0.217. The van der Waals surface area contributed by atoms with E-state index in [0.29, 0.717) is 17.9 Å². The van der Waals surface area contributed by atoms with Gasteiger partial charge in [-0.25, -0.2) is 0 Å². The van der Waals surface area contributed by atoms with E-state index in [2.05, 4.69) is 10.1 Å². The molecule has 0 fully saturated rings. The highest BCUT2D eigenvalue weighted by Gasteiger charge is 2.46. The fourth-order valence-corrected chi connectivity index (χ4v) is 4.31. The first kappa shape index (κ1) is 21.9. The molecule has 0 radical (unpaired) electrons. The van der Waals surface area contributed by atoms with Crippen molar-refractivity contribution in [1.82, 2.24) is 5.01 Å². The Hall–Kier alpha value is -3.92. The number of hydrogen-bond acceptors (Lipinski definition) is 5. The number of nitrogens with zero attached hydrogens (tertiary/aromatic N) is 3. The molecule has 6 nitrogen and oxygen atoms in total. The lowest BCUT2D eigenvalue weighted by atomic mass is 10.1. The SMILES string of the molecule is N=C1C(=Cc2cccc(OCc3cccc4ccccc34)c2)C(=O)N=C2SC(C(F)(F)F)=NN12. The van der Waals surface area contributed by atoms with Gasteiger partial charge in [-0.1, -0.05) is 54.6 Å². The number of hydrogen-bond donors (Lipinski definition) is 1. The molecule has 34 heavy (non-hydrogen) atoms. The first-order valence-corrected chi connectivity index (χ1v) is 10.9. The zero-order chi connectivity index (χ0) is 23.9. The van der Waals surface area contributed by atoms with Crippen molar-refractivity contribution in [3.8, 4) is 5.75 Å². The number of hydrazone groups is 1. The molecule has 10 heteroatoms. The van der Waals surface area contributed by atoms with E-state index >= 15 is 0 Å². The first-order valence-electron chi connectivity index (χ1n) is 10.1. The summed E-state index contributed by atoms with van der Waals surface area (Å²) in [4.78, 5) is 16.1. The Morgan fingerprint density at radius 1 is 1.06 bits per heavy atom. The Bertz CT molecular complexity index is 1420. The van der Waals surface area contributed by atoms with Crippen LogP contribution in [0.15, 0.2) is 82.4 Å². The van der Waals surface area contributed by atoms with Gasteiger partial charge in [0.15, 0.2) is 5.84 Å². The molecule has 1 amide bonds. The molecule has 0 saturated carbocycles. The maximum Gasteiger partial charge on any atom is 0.441 e. The molecule has 170 valence electrons. The predicted octanol–water partition coefficient (Wildman–Crippen LogP) is 5.60. The highest BCUT2D eigenvalue weighted by atomic mass is 32.2. The van der Waals surface area contributed by atoms with Crippen LogP contribution in [0.4, 0.5) is 13.2 Å². The second-order valence-corrected chi connectivity index (χ2v) is 8.38. The van der Waals surface area contributed by atoms with Crippen LogP contribution in [0.2, 0.25) is 0 Å². The summed E-state index contributed by atoms with van der Waals surface area (Å²) in [6, 6.07) is 20.8. The maximum absolute atomic E-state index is 13.0. The van der Waals surface area contributed by atoms with Gasteiger partial charge in [-0.3, -0.25) is 10.2 Å². The maximum atomic E-state index is 13.0. The smallest absolute Gasteiger partial charge is 0.441 e. The Labute approximate surface area is 195 Å². The molecule has 3 aromatic rings. The van der Waals surface area contributed by atoms with Crippen LogP contribution >= 0.6 is 11.8 Å². The minimum absolute atomic E-state index is 0.164. The van der Waals surface area contributed by atoms with E-state index in [1.807, 2.05) is 42.5 Å². The fourth-order valence-electron chi connectivity index (χ4n) is 3.55. The van der Waals surface area contributed by atoms with Gasteiger partial charge in [-0.15, -0.1) is 0 Å². The third-order valence-corrected chi connectivity index (χ3v) is 6.09. The highest BCUT2D eigenvalue weighted by molar-refractivity contribution is 8.27. The monoisotopic (exact) mass is 480 g/mol. The average Bonchev–Trinajstić information content (AvgIpc) is 3.25. The standard InChI is InChI=1S/C24H15F3N4O2S/c25-24(26,27)22-30-31-20(28)19(21(32)29-23(31)34-22)12-14-5-3-9-17(11-14)33-13-16-8-4-7-15-6-1-2-10-18(15)16/h1-12,28H,13H2. The zero-order valence-electron chi connectivity index (χ0n) is 17.3. The molecule has 5 rings (SSSR count). The van der Waals surface area contributed by atoms with Gasteiger partial charge < -0.3 is 4.74 Å². The van der Waals surface area contributed by atoms with E-state index in [-0.39, 0.29) is 22.5 Å². The number of nitrogens with one attached hydrogen (secondary N) is 1. The Kier molecular flexibility index (Phi) is 5.45. The Morgan fingerprint density at radius 2 is 1.82 bits per heavy atom. The van der Waals surface area contributed by atoms with E-state index in [4.69, 9.17) is 10.1 Å². The molecule has 0 aromatic heterocycles. The summed E-state index contributed by atoms with van der Waals surface area (Å²) < 4.78 is 44.9. The average molecular weight is 480 g/mol. The summed E-state index contributed by atoms with van der Waals surface area (Å²) in [6.07, 6.45) is -3.30. The van der Waals surface area contributed by atoms with Gasteiger partial charge in [-0.05, 0) is 51.9 Å². The number of alkyl halides is 3. The molecule has 0 aliphatic carbocycles. The topological polar surface area (TPSA) is 78.1 Å². The van der Waals surface area contributed by atoms with Gasteiger partial charge in [0, 0.05) is 0 Å². The van der Waals surface area contributed by atoms with Crippen LogP contribution in [0.25, 0.3) is 16.8 Å². The van der Waals surface area contributed by atoms with Crippen molar-refractivity contribution in [3.05, 3.63) is 83.4 Å². The summed E-state index contributed by atoms with van der Waals surface area (Å²) in [7, 11) is 0. The van der Waals surface area contributed by atoms with Crippen LogP contribution in [0.5, 0.6) is 5.75 Å². The Balaban J connectivity index is 1.37. The van der Waals surface area contributed by atoms with E-state index < -0.39 is 23.0 Å². The predicted molar refractivity (Wildman–Crippen MR) is 126 cm³/mol. The molecule has 0 spiro atoms. The summed E-state index contributed by atoms with van der Waals surface area (Å²) in [6.45, 7) is 0.323. The van der Waals surface area contributed by atoms with E-state index in [1.54, 1.807) is 24.3 Å². The lowest BCUT2D eigenvalue weighted by Crippen LogP contribution is -2.35. The van der Waals surface area contributed by atoms with E-state index in [1.165, 1.54) is 6.08 Å². The van der Waals surface area contributed by atoms with Crippen LogP contribution in [0.1, 0.15) is 11.1 Å². The Morgan fingerprint density at radius 3 is 2.65 bits per heavy atom. The largest absolute Gasteiger partial charge is 0.489 e. The molecular formula is C24H15F3N4O2S. The number of carbonyl (C=O) groups is 1. The summed E-state index contributed by atoms with van der Waals surface area (Å²) in [5, 5.41) is 13.1. The number of thioether (sulfide) groups is 1. The summed E-state index contributed by atoms with van der Waals surface area (Å²) in [5.41, 5.74) is 1.38. The minimum Gasteiger partial charge on any atom is -0.489 e. The molecular weight excluding hydrogens is 465 g/mol. The van der Waals surface area contributed by atoms with Gasteiger partial charge >= 0.3 is 6.18 Å². The van der Waals surface area contributed by atoms with Crippen molar-refractivity contribution in [2.75, 3.05) is 0 Å². The van der Waals surface area contributed by atoms with Crippen LogP contribution < -0.4 is 4.74 Å². The van der Waals surface area contributed by atoms with E-state index in [0.717, 1.165) is 21.3 Å². The quantitative estimate of drug-likeness (QED) is 0.493. The van der Waals surface area contributed by atoms with Crippen molar-refractivity contribution < 1.29 is 22.7 Å². The number of benzene rings is 3. The lowest BCUT2D eigenvalue weighted by molar-refractivity contribution is -0.114. The third kappa shape index (κ3) is 4.19. The first-order chi connectivity index (χ1) is 16.3. The van der Waals surface area contributed by atoms with Gasteiger partial charge in [0.2, 0.25) is 10.2 Å². The number of halogens is 3. The number of carbonyl (C=O) groups excluding carboxylic acids is 1. The van der Waals surface area contributed by atoms with Crippen molar-refractivity contribution in [2.45, 2.75) is 12.8 Å². The van der Waals surface area contributed by atoms with Gasteiger partial charge in [0.25, 0.3) is 5.91 Å². The molecule has 0 bridgehead atoms. The molecule has 1 N–H and O–H groups in total. The molecule has 0 unspecified atom stereocenters. The number of rotatable bonds is 4. The van der Waals surface area contributed by atoms with Crippen molar-refractivity contribution in [3.63, 3.8) is 0 Å². The number of aliphatic imine (C=N–C) groups is 1. The number of fused-ring (bicyclic) bond motifs is 2. The van der Waals surface area contributed by atoms with Crippen LogP contribution in [-0.4, -0.2) is 33.1 Å². The van der Waals surface area contributed by atoms with Gasteiger partial charge in [0.1, 0.15) is 12.4 Å². The van der Waals surface area contributed by atoms with Crippen molar-refractivity contribution in [2.24, 2.45) is 10.1 Å². The second kappa shape index (κ2) is 8.45. The molecule has 2 aliphatic heterocycles. The second-order valence-electron chi connectivity index (χ2n) is 7.42. The minimum atomic E-state index is -4.69. The molecule has 0 saturated heterocycles. The lowest BCUT2D eigenvalue weighted by Gasteiger charge is -2.20. The van der Waals surface area contributed by atoms with Gasteiger partial charge in [-0.2, -0.15) is 28.3 Å². The number of amidine groups is 2. The summed E-state index contributed by atoms with van der Waals surface area (Å²) in [5.74, 6) is -0.733. The molecule has 2 heterocycles. The normalized spacial score (nSPS) is 17.1. The fraction of sp³-hybridized carbons (Fsp3) is 0.0833. The van der Waals surface area contributed by atoms with Crippen LogP contribution in [-0.2, 0) is 11.4 Å². The number of ether oxygens (including phenoxy) is 1. The van der Waals surface area contributed by atoms with Crippen LogP contribution in [0.3, 0.4) is 0 Å². The molecule has 2 aliphatic rings. The van der Waals surface area contributed by atoms with Crippen molar-refractivity contribution in [1.29, 1.82) is 5.41 Å².